The fraction of sp³-hybridized carbons (Fsp3) is 0.400. The number of fused-ring (bicyclic) bond motifs is 1. The fourth-order valence-electron chi connectivity index (χ4n) is 2.76. The van der Waals surface area contributed by atoms with E-state index in [9.17, 15) is 0 Å². The highest BCUT2D eigenvalue weighted by atomic mass is 16.5. The van der Waals surface area contributed by atoms with E-state index in [0.717, 1.165) is 24.3 Å². The second-order valence-electron chi connectivity index (χ2n) is 5.16. The van der Waals surface area contributed by atoms with Gasteiger partial charge in [-0.3, -0.25) is 9.97 Å². The Morgan fingerprint density at radius 2 is 1.80 bits per heavy atom. The summed E-state index contributed by atoms with van der Waals surface area (Å²) in [5.41, 5.74) is 3.03. The molecule has 0 radical (unpaired) electrons. The minimum Gasteiger partial charge on any atom is -0.372 e. The Balaban J connectivity index is 2.11. The first-order chi connectivity index (χ1) is 9.69. The summed E-state index contributed by atoms with van der Waals surface area (Å²) >= 11 is 0. The van der Waals surface area contributed by atoms with Crippen LogP contribution in [0.1, 0.15) is 19.4 Å². The monoisotopic (exact) mass is 268 g/mol. The van der Waals surface area contributed by atoms with Crippen LogP contribution >= 0.6 is 0 Å². The highest BCUT2D eigenvalue weighted by molar-refractivity contribution is 5.91. The highest BCUT2D eigenvalue weighted by Gasteiger charge is 2.24. The van der Waals surface area contributed by atoms with Crippen LogP contribution in [0.2, 0.25) is 0 Å². The van der Waals surface area contributed by atoms with Gasteiger partial charge in [-0.05, 0) is 26.0 Å². The van der Waals surface area contributed by atoms with E-state index in [1.54, 1.807) is 12.4 Å². The molecule has 20 heavy (non-hydrogen) atoms. The van der Waals surface area contributed by atoms with Crippen LogP contribution in [-0.4, -0.2) is 35.3 Å². The molecule has 0 bridgehead atoms. The largest absolute Gasteiger partial charge is 0.372 e. The molecular weight excluding hydrogens is 252 g/mol. The molecule has 1 aromatic carbocycles. The van der Waals surface area contributed by atoms with Crippen molar-refractivity contribution in [3.63, 3.8) is 0 Å². The Bertz CT molecular complexity index is 669. The van der Waals surface area contributed by atoms with Gasteiger partial charge in [-0.15, -0.1) is 0 Å². The normalized spacial score (nSPS) is 22.8. The van der Waals surface area contributed by atoms with Crippen molar-refractivity contribution in [3.05, 3.63) is 30.1 Å². The highest BCUT2D eigenvalue weighted by Crippen LogP contribution is 2.28. The molecule has 102 valence electrons. The van der Waals surface area contributed by atoms with Gasteiger partial charge in [0.2, 0.25) is 0 Å². The SMILES string of the molecule is C[C@@H]1CN(c2ccc(C#N)c3nccnc23)C[C@H](C)O1. The minimum atomic E-state index is 0.182. The number of anilines is 1. The van der Waals surface area contributed by atoms with Crippen molar-refractivity contribution >= 4 is 16.7 Å². The Labute approximate surface area is 117 Å². The zero-order valence-corrected chi connectivity index (χ0v) is 11.6. The first kappa shape index (κ1) is 12.8. The van der Waals surface area contributed by atoms with Gasteiger partial charge in [-0.2, -0.15) is 5.26 Å². The summed E-state index contributed by atoms with van der Waals surface area (Å²) < 4.78 is 5.76. The zero-order valence-electron chi connectivity index (χ0n) is 11.6. The van der Waals surface area contributed by atoms with Crippen molar-refractivity contribution in [2.24, 2.45) is 0 Å². The summed E-state index contributed by atoms with van der Waals surface area (Å²) in [6, 6.07) is 5.95. The molecule has 2 heterocycles. The van der Waals surface area contributed by atoms with Gasteiger partial charge in [-0.1, -0.05) is 0 Å². The maximum Gasteiger partial charge on any atom is 0.113 e. The van der Waals surface area contributed by atoms with Gasteiger partial charge >= 0.3 is 0 Å². The summed E-state index contributed by atoms with van der Waals surface area (Å²) in [6.45, 7) is 5.78. The van der Waals surface area contributed by atoms with E-state index in [1.807, 2.05) is 12.1 Å². The van der Waals surface area contributed by atoms with Crippen LogP contribution < -0.4 is 4.90 Å². The molecule has 0 spiro atoms. The molecule has 1 aliphatic rings. The molecule has 3 rings (SSSR count). The molecule has 5 heteroatoms. The number of hydrogen-bond acceptors (Lipinski definition) is 5. The van der Waals surface area contributed by atoms with Gasteiger partial charge in [-0.25, -0.2) is 0 Å². The lowest BCUT2D eigenvalue weighted by Crippen LogP contribution is -2.45. The summed E-state index contributed by atoms with van der Waals surface area (Å²) in [7, 11) is 0. The predicted molar refractivity (Wildman–Crippen MR) is 76.5 cm³/mol. The van der Waals surface area contributed by atoms with Crippen molar-refractivity contribution in [2.45, 2.75) is 26.1 Å². The number of nitrogens with zero attached hydrogens (tertiary/aromatic N) is 4. The Morgan fingerprint density at radius 1 is 1.15 bits per heavy atom. The zero-order chi connectivity index (χ0) is 14.1. The summed E-state index contributed by atoms with van der Waals surface area (Å²) in [6.07, 6.45) is 3.65. The third-order valence-electron chi connectivity index (χ3n) is 3.48. The number of ether oxygens (including phenoxy) is 1. The number of benzene rings is 1. The van der Waals surface area contributed by atoms with Gasteiger partial charge in [0.1, 0.15) is 17.1 Å². The topological polar surface area (TPSA) is 62.0 Å². The third-order valence-corrected chi connectivity index (χ3v) is 3.48. The number of rotatable bonds is 1. The maximum atomic E-state index is 9.17. The molecule has 0 unspecified atom stereocenters. The lowest BCUT2D eigenvalue weighted by atomic mass is 10.1. The van der Waals surface area contributed by atoms with E-state index in [-0.39, 0.29) is 12.2 Å². The van der Waals surface area contributed by atoms with Crippen LogP contribution in [0.4, 0.5) is 5.69 Å². The van der Waals surface area contributed by atoms with Crippen LogP contribution in [0.25, 0.3) is 11.0 Å². The third kappa shape index (κ3) is 2.19. The van der Waals surface area contributed by atoms with E-state index < -0.39 is 0 Å². The number of aromatic nitrogens is 2. The summed E-state index contributed by atoms with van der Waals surface area (Å²) in [4.78, 5) is 11.0. The van der Waals surface area contributed by atoms with E-state index in [1.165, 1.54) is 0 Å². The molecule has 1 aliphatic heterocycles. The van der Waals surface area contributed by atoms with Crippen molar-refractivity contribution in [1.82, 2.24) is 9.97 Å². The molecule has 0 amide bonds. The minimum absolute atomic E-state index is 0.182. The molecule has 0 saturated carbocycles. The van der Waals surface area contributed by atoms with Crippen LogP contribution in [-0.2, 0) is 4.74 Å². The van der Waals surface area contributed by atoms with Crippen LogP contribution in [0.15, 0.2) is 24.5 Å². The number of morpholine rings is 1. The average Bonchev–Trinajstić information content (AvgIpc) is 2.45. The standard InChI is InChI=1S/C15H16N4O/c1-10-8-19(9-11(2)20-10)13-4-3-12(7-16)14-15(13)18-6-5-17-14/h3-6,10-11H,8-9H2,1-2H3/t10-,11+. The average molecular weight is 268 g/mol. The summed E-state index contributed by atoms with van der Waals surface area (Å²) in [5, 5.41) is 9.17. The number of nitriles is 1. The molecule has 1 saturated heterocycles. The lowest BCUT2D eigenvalue weighted by Gasteiger charge is -2.37. The molecule has 1 aromatic heterocycles. The molecule has 0 aliphatic carbocycles. The van der Waals surface area contributed by atoms with Gasteiger partial charge < -0.3 is 9.64 Å². The van der Waals surface area contributed by atoms with Gasteiger partial charge in [0.15, 0.2) is 0 Å². The Kier molecular flexibility index (Phi) is 3.25. The van der Waals surface area contributed by atoms with Crippen molar-refractivity contribution in [2.75, 3.05) is 18.0 Å². The summed E-state index contributed by atoms with van der Waals surface area (Å²) in [5.74, 6) is 0. The molecule has 1 fully saturated rings. The van der Waals surface area contributed by atoms with E-state index in [0.29, 0.717) is 11.1 Å². The van der Waals surface area contributed by atoms with E-state index in [4.69, 9.17) is 10.00 Å². The van der Waals surface area contributed by atoms with E-state index in [2.05, 4.69) is 34.8 Å². The Morgan fingerprint density at radius 3 is 2.45 bits per heavy atom. The number of hydrogen-bond donors (Lipinski definition) is 0. The first-order valence-corrected chi connectivity index (χ1v) is 6.73. The van der Waals surface area contributed by atoms with Crippen LogP contribution in [0.5, 0.6) is 0 Å². The van der Waals surface area contributed by atoms with Gasteiger partial charge in [0, 0.05) is 25.5 Å². The van der Waals surface area contributed by atoms with Gasteiger partial charge in [0.25, 0.3) is 0 Å². The predicted octanol–water partition coefficient (Wildman–Crippen LogP) is 2.12. The van der Waals surface area contributed by atoms with Crippen LogP contribution in [0, 0.1) is 11.3 Å². The smallest absolute Gasteiger partial charge is 0.113 e. The van der Waals surface area contributed by atoms with E-state index >= 15 is 0 Å². The van der Waals surface area contributed by atoms with Gasteiger partial charge in [0.05, 0.1) is 23.5 Å². The second kappa shape index (κ2) is 5.06. The molecular formula is C15H16N4O. The second-order valence-corrected chi connectivity index (χ2v) is 5.16. The van der Waals surface area contributed by atoms with Crippen molar-refractivity contribution < 1.29 is 4.74 Å². The van der Waals surface area contributed by atoms with Crippen molar-refractivity contribution in [1.29, 1.82) is 5.26 Å². The first-order valence-electron chi connectivity index (χ1n) is 6.73. The molecule has 0 N–H and O–H groups in total. The quantitative estimate of drug-likeness (QED) is 0.792. The molecule has 5 nitrogen and oxygen atoms in total. The lowest BCUT2D eigenvalue weighted by molar-refractivity contribution is -0.00514. The fourth-order valence-corrected chi connectivity index (χ4v) is 2.76. The molecule has 2 atom stereocenters. The Hall–Kier alpha value is -2.19. The molecule has 2 aromatic rings. The van der Waals surface area contributed by atoms with Crippen LogP contribution in [0.3, 0.4) is 0 Å². The maximum absolute atomic E-state index is 9.17. The van der Waals surface area contributed by atoms with Crippen molar-refractivity contribution in [3.8, 4) is 6.07 Å².